The fourth-order valence-corrected chi connectivity index (χ4v) is 13.2. The predicted molar refractivity (Wildman–Crippen MR) is 287 cm³/mol. The van der Waals surface area contributed by atoms with Crippen LogP contribution in [0.3, 0.4) is 0 Å². The number of rotatable bonds is 13. The first-order valence-electron chi connectivity index (χ1n) is 23.7. The molecule has 2 saturated heterocycles. The van der Waals surface area contributed by atoms with Crippen LogP contribution in [0.15, 0.2) is 84.1 Å². The Bertz CT molecular complexity index is 3490. The van der Waals surface area contributed by atoms with Gasteiger partial charge in [0.2, 0.25) is 31.0 Å². The maximum atomic E-state index is 14.0. The number of benzene rings is 2. The van der Waals surface area contributed by atoms with Crippen LogP contribution >= 0.6 is 45.8 Å². The van der Waals surface area contributed by atoms with E-state index in [4.69, 9.17) is 40.1 Å². The zero-order chi connectivity index (χ0) is 50.9. The second-order valence-electron chi connectivity index (χ2n) is 17.9. The lowest BCUT2D eigenvalue weighted by Gasteiger charge is -2.31. The van der Waals surface area contributed by atoms with Crippen LogP contribution in [-0.4, -0.2) is 123 Å². The molecule has 12 rings (SSSR count). The molecule has 4 fully saturated rings. The number of ether oxygens (including phenoxy) is 2. The van der Waals surface area contributed by atoms with Crippen molar-refractivity contribution in [1.29, 1.82) is 0 Å². The summed E-state index contributed by atoms with van der Waals surface area (Å²) in [5.74, 6) is 0.573. The molecule has 2 saturated carbocycles. The van der Waals surface area contributed by atoms with E-state index in [-0.39, 0.29) is 40.4 Å². The maximum Gasteiger partial charge on any atom is 0.235 e. The molecule has 6 aromatic heterocycles. The molecule has 8 aromatic rings. The zero-order valence-corrected chi connectivity index (χ0v) is 44.9. The van der Waals surface area contributed by atoms with Crippen LogP contribution in [0.1, 0.15) is 51.4 Å². The van der Waals surface area contributed by atoms with Crippen LogP contribution in [0.25, 0.3) is 55.2 Å². The summed E-state index contributed by atoms with van der Waals surface area (Å²) in [5.41, 5.74) is 5.93. The maximum absolute atomic E-state index is 14.0. The van der Waals surface area contributed by atoms with Gasteiger partial charge in [0.05, 0.1) is 47.5 Å². The fraction of sp³-hybridized carbons (Fsp3) is 0.375. The van der Waals surface area contributed by atoms with Crippen molar-refractivity contribution < 1.29 is 35.1 Å². The fourth-order valence-electron chi connectivity index (χ4n) is 8.71. The first kappa shape index (κ1) is 53.2. The van der Waals surface area contributed by atoms with Gasteiger partial charge in [0.15, 0.2) is 33.1 Å². The minimum absolute atomic E-state index is 0. The molecule has 2 aromatic carbocycles. The number of hydrogen-bond acceptors (Lipinski definition) is 17. The van der Waals surface area contributed by atoms with Crippen molar-refractivity contribution in [2.75, 3.05) is 51.0 Å². The van der Waals surface area contributed by atoms with Crippen molar-refractivity contribution in [3.8, 4) is 56.8 Å². The number of imidazole rings is 2. The smallest absolute Gasteiger partial charge is 0.235 e. The van der Waals surface area contributed by atoms with Crippen LogP contribution in [0.2, 0.25) is 0 Å². The molecule has 26 heteroatoms. The number of thiazole rings is 2. The van der Waals surface area contributed by atoms with Crippen LogP contribution in [0, 0.1) is 11.6 Å². The Morgan fingerprint density at radius 3 is 1.53 bits per heavy atom. The molecule has 392 valence electrons. The molecule has 0 bridgehead atoms. The first-order valence-corrected chi connectivity index (χ1v) is 29.3. The predicted octanol–water partition coefficient (Wildman–Crippen LogP) is 9.01. The monoisotopic (exact) mass is 1130 g/mol. The molecule has 0 radical (unpaired) electrons. The minimum atomic E-state index is -3.16. The Morgan fingerprint density at radius 2 is 1.11 bits per heavy atom. The Kier molecular flexibility index (Phi) is 16.3. The van der Waals surface area contributed by atoms with Crippen molar-refractivity contribution in [3.63, 3.8) is 0 Å². The van der Waals surface area contributed by atoms with Crippen molar-refractivity contribution in [2.45, 2.75) is 74.0 Å². The van der Waals surface area contributed by atoms with Gasteiger partial charge in [-0.05, 0) is 113 Å². The van der Waals surface area contributed by atoms with E-state index in [1.807, 2.05) is 44.1 Å². The highest BCUT2D eigenvalue weighted by molar-refractivity contribution is 8.14. The summed E-state index contributed by atoms with van der Waals surface area (Å²) in [7, 11) is 1.49. The number of piperidine rings is 2. The van der Waals surface area contributed by atoms with Crippen LogP contribution in [0.4, 0.5) is 20.7 Å². The molecule has 0 spiro atoms. The van der Waals surface area contributed by atoms with Crippen molar-refractivity contribution >= 4 is 86.7 Å². The number of sulfonamides is 1. The summed E-state index contributed by atoms with van der Waals surface area (Å²) in [6, 6.07) is 13.6. The lowest BCUT2D eigenvalue weighted by Crippen LogP contribution is -2.43. The first-order chi connectivity index (χ1) is 35.3. The summed E-state index contributed by atoms with van der Waals surface area (Å²) < 4.78 is 89.3. The van der Waals surface area contributed by atoms with Crippen molar-refractivity contribution in [2.24, 2.45) is 0 Å². The molecule has 0 amide bonds. The van der Waals surface area contributed by atoms with Crippen LogP contribution in [0.5, 0.6) is 11.5 Å². The third-order valence-electron chi connectivity index (χ3n) is 12.9. The van der Waals surface area contributed by atoms with Gasteiger partial charge in [0.1, 0.15) is 11.4 Å². The average molecular weight is 1130 g/mol. The third kappa shape index (κ3) is 11.9. The number of anilines is 2. The number of nitrogens with zero attached hydrogens (tertiary/aromatic N) is 9. The molecule has 74 heavy (non-hydrogen) atoms. The summed E-state index contributed by atoms with van der Waals surface area (Å²) in [6.45, 7) is 2.99. The van der Waals surface area contributed by atoms with Gasteiger partial charge in [-0.2, -0.15) is 0 Å². The lowest BCUT2D eigenvalue weighted by molar-refractivity contribution is 0.328. The van der Waals surface area contributed by atoms with E-state index < -0.39 is 30.7 Å². The second-order valence-corrected chi connectivity index (χ2v) is 24.7. The SMILES string of the molecule is COc1cc(-c2nc3sccn3c2-c2ccnc(NC3CCN(S(=O)(=O)C4CC4)CC3)n2)ccc1F.COc1cc(-c2nc3sccn3c2-c2ccnc(NC3CCNCC3)n2)ccc1F.Cl.O=S(=O)(Cl)C1CC1. The Morgan fingerprint density at radius 1 is 0.649 bits per heavy atom. The van der Waals surface area contributed by atoms with E-state index >= 15 is 0 Å². The number of hydrogen-bond donors (Lipinski definition) is 3. The van der Waals surface area contributed by atoms with Crippen molar-refractivity contribution in [3.05, 3.63) is 95.7 Å². The van der Waals surface area contributed by atoms with E-state index in [1.54, 1.807) is 41.0 Å². The summed E-state index contributed by atoms with van der Waals surface area (Å²) in [5, 5.41) is 13.7. The standard InChI is InChI=1S/C24H25FN6O3S2.C21H21FN6OS.C3H5ClO2S.ClH/c1-34-20-14-15(2-5-18(20)25)21-22(31-12-13-35-24(31)29-21)19-6-9-26-23(28-19)27-16-7-10-30(11-8-16)36(32,33)17-3-4-17;1-29-17-12-13(2-3-15(17)22)18-19(28-10-11-30-21(28)27-18)16-6-9-24-20(26-16)25-14-4-7-23-8-5-14;4-7(5,6)3-1-2-3;/h2,5-6,9,12-14,16-17H,3-4,7-8,10-11H2,1H3,(H,26,27,28);2-3,6,9-12,14,23H,4-5,7-8H2,1H3,(H,24,25,26);3H,1-2H2;1H. The molecule has 8 heterocycles. The summed E-state index contributed by atoms with van der Waals surface area (Å²) >= 11 is 3.04. The molecule has 3 N–H and O–H groups in total. The topological polar surface area (TPSA) is 212 Å². The highest BCUT2D eigenvalue weighted by Crippen LogP contribution is 2.38. The average Bonchev–Trinajstić information content (AvgIpc) is 4.28. The number of fused-ring (bicyclic) bond motifs is 2. The Hall–Kier alpha value is -5.60. The van der Waals surface area contributed by atoms with Gasteiger partial charge in [-0.25, -0.2) is 59.8 Å². The Balaban J connectivity index is 0.000000160. The lowest BCUT2D eigenvalue weighted by atomic mass is 10.1. The van der Waals surface area contributed by atoms with Crippen LogP contribution in [-0.2, 0) is 19.1 Å². The van der Waals surface area contributed by atoms with Gasteiger partial charge < -0.3 is 25.4 Å². The molecular formula is C48H52Cl2F2N12O6S4. The number of aromatic nitrogens is 8. The number of nitrogens with one attached hydrogen (secondary N) is 3. The molecule has 2 aliphatic carbocycles. The molecule has 4 aliphatic rings. The molecule has 0 unspecified atom stereocenters. The third-order valence-corrected chi connectivity index (χ3v) is 18.8. The quantitative estimate of drug-likeness (QED) is 0.0920. The number of methoxy groups -OCH3 is 2. The molecular weight excluding hydrogens is 1080 g/mol. The molecule has 2 aliphatic heterocycles. The van der Waals surface area contributed by atoms with Gasteiger partial charge in [0.25, 0.3) is 0 Å². The summed E-state index contributed by atoms with van der Waals surface area (Å²) in [4.78, 5) is 29.6. The van der Waals surface area contributed by atoms with Gasteiger partial charge in [0, 0.05) is 82.5 Å². The van der Waals surface area contributed by atoms with E-state index in [9.17, 15) is 25.6 Å². The molecule has 0 atom stereocenters. The minimum Gasteiger partial charge on any atom is -0.494 e. The largest absolute Gasteiger partial charge is 0.494 e. The van der Waals surface area contributed by atoms with E-state index in [1.165, 1.54) is 49.0 Å². The summed E-state index contributed by atoms with van der Waals surface area (Å²) in [6.07, 6.45) is 13.9. The van der Waals surface area contributed by atoms with E-state index in [0.717, 1.165) is 95.4 Å². The Labute approximate surface area is 444 Å². The number of halogens is 4. The van der Waals surface area contributed by atoms with E-state index in [2.05, 4.69) is 25.9 Å². The normalized spacial score (nSPS) is 16.7. The highest BCUT2D eigenvalue weighted by atomic mass is 35.7. The van der Waals surface area contributed by atoms with Crippen LogP contribution < -0.4 is 25.4 Å². The van der Waals surface area contributed by atoms with Gasteiger partial charge in [-0.3, -0.25) is 8.80 Å². The van der Waals surface area contributed by atoms with Crippen molar-refractivity contribution in [1.82, 2.24) is 48.3 Å². The van der Waals surface area contributed by atoms with Gasteiger partial charge in [-0.1, -0.05) is 0 Å². The molecule has 18 nitrogen and oxygen atoms in total. The second kappa shape index (κ2) is 22.7. The van der Waals surface area contributed by atoms with E-state index in [0.29, 0.717) is 55.3 Å². The van der Waals surface area contributed by atoms with Gasteiger partial charge in [-0.15, -0.1) is 35.1 Å². The zero-order valence-electron chi connectivity index (χ0n) is 40.0. The highest BCUT2D eigenvalue weighted by Gasteiger charge is 2.41. The van der Waals surface area contributed by atoms with Gasteiger partial charge >= 0.3 is 0 Å².